The summed E-state index contributed by atoms with van der Waals surface area (Å²) in [7, 11) is 0. The number of carbonyl (C=O) groups is 2. The van der Waals surface area contributed by atoms with Crippen LogP contribution in [0, 0.1) is 18.8 Å². The standard InChI is InChI=1S/C23H31N3O3S/c1-3-29-23(28)19-6-4-17(5-7-19)12-22(27)25-10-8-20-16(2)24-26(21(20)14-25)13-18-9-11-30-15-18/h9,11,15,17,19H,3-8,10,12-14H2,1-2H3. The van der Waals surface area contributed by atoms with Gasteiger partial charge in [-0.3, -0.25) is 14.3 Å². The molecule has 3 heterocycles. The molecule has 30 heavy (non-hydrogen) atoms. The second-order valence-corrected chi connectivity index (χ2v) is 9.32. The molecular formula is C23H31N3O3S. The van der Waals surface area contributed by atoms with Crippen molar-refractivity contribution >= 4 is 23.2 Å². The van der Waals surface area contributed by atoms with E-state index >= 15 is 0 Å². The predicted octanol–water partition coefficient (Wildman–Crippen LogP) is 3.95. The zero-order valence-electron chi connectivity index (χ0n) is 17.9. The van der Waals surface area contributed by atoms with Crippen LogP contribution in [0.1, 0.15) is 61.5 Å². The van der Waals surface area contributed by atoms with Crippen molar-refractivity contribution in [2.75, 3.05) is 13.2 Å². The van der Waals surface area contributed by atoms with Gasteiger partial charge in [0, 0.05) is 13.0 Å². The van der Waals surface area contributed by atoms with Crippen molar-refractivity contribution < 1.29 is 14.3 Å². The Bertz CT molecular complexity index is 882. The van der Waals surface area contributed by atoms with Gasteiger partial charge in [-0.2, -0.15) is 16.4 Å². The summed E-state index contributed by atoms with van der Waals surface area (Å²) in [4.78, 5) is 27.0. The maximum absolute atomic E-state index is 13.0. The summed E-state index contributed by atoms with van der Waals surface area (Å²) in [6.07, 6.45) is 5.02. The number of rotatable bonds is 6. The minimum Gasteiger partial charge on any atom is -0.466 e. The van der Waals surface area contributed by atoms with E-state index in [9.17, 15) is 9.59 Å². The highest BCUT2D eigenvalue weighted by Crippen LogP contribution is 2.33. The van der Waals surface area contributed by atoms with Crippen molar-refractivity contribution in [3.05, 3.63) is 39.3 Å². The lowest BCUT2D eigenvalue weighted by atomic mass is 9.80. The van der Waals surface area contributed by atoms with E-state index in [0.717, 1.165) is 50.9 Å². The van der Waals surface area contributed by atoms with Gasteiger partial charge in [-0.25, -0.2) is 0 Å². The minimum atomic E-state index is -0.0694. The largest absolute Gasteiger partial charge is 0.466 e. The maximum Gasteiger partial charge on any atom is 0.308 e. The van der Waals surface area contributed by atoms with Crippen molar-refractivity contribution in [2.24, 2.45) is 11.8 Å². The lowest BCUT2D eigenvalue weighted by molar-refractivity contribution is -0.149. The molecule has 0 unspecified atom stereocenters. The van der Waals surface area contributed by atoms with Crippen LogP contribution in [0.3, 0.4) is 0 Å². The van der Waals surface area contributed by atoms with E-state index in [4.69, 9.17) is 9.84 Å². The second-order valence-electron chi connectivity index (χ2n) is 8.54. The van der Waals surface area contributed by atoms with Crippen LogP contribution in [0.2, 0.25) is 0 Å². The molecule has 0 radical (unpaired) electrons. The van der Waals surface area contributed by atoms with Crippen LogP contribution in [-0.2, 0) is 33.8 Å². The average molecular weight is 430 g/mol. The number of amides is 1. The molecule has 1 fully saturated rings. The molecule has 0 bridgehead atoms. The highest BCUT2D eigenvalue weighted by molar-refractivity contribution is 7.07. The van der Waals surface area contributed by atoms with Gasteiger partial charge in [0.25, 0.3) is 0 Å². The first-order valence-electron chi connectivity index (χ1n) is 11.1. The molecule has 2 aromatic heterocycles. The molecule has 0 atom stereocenters. The summed E-state index contributed by atoms with van der Waals surface area (Å²) < 4.78 is 7.24. The molecule has 0 spiro atoms. The number of thiophene rings is 1. The van der Waals surface area contributed by atoms with Gasteiger partial charge >= 0.3 is 5.97 Å². The highest BCUT2D eigenvalue weighted by atomic mass is 32.1. The fraction of sp³-hybridized carbons (Fsp3) is 0.609. The Morgan fingerprint density at radius 2 is 2.07 bits per heavy atom. The van der Waals surface area contributed by atoms with Crippen LogP contribution in [0.25, 0.3) is 0 Å². The topological polar surface area (TPSA) is 64.4 Å². The summed E-state index contributed by atoms with van der Waals surface area (Å²) >= 11 is 1.70. The Hall–Kier alpha value is -2.15. The lowest BCUT2D eigenvalue weighted by Gasteiger charge is -2.31. The Kier molecular flexibility index (Phi) is 6.56. The van der Waals surface area contributed by atoms with Gasteiger partial charge in [0.2, 0.25) is 5.91 Å². The molecule has 7 heteroatoms. The normalized spacial score (nSPS) is 21.3. The van der Waals surface area contributed by atoms with Gasteiger partial charge in [-0.05, 0) is 79.8 Å². The van der Waals surface area contributed by atoms with Crippen molar-refractivity contribution in [1.82, 2.24) is 14.7 Å². The average Bonchev–Trinajstić information content (AvgIpc) is 3.37. The van der Waals surface area contributed by atoms with E-state index in [1.165, 1.54) is 16.8 Å². The fourth-order valence-electron chi connectivity index (χ4n) is 4.81. The van der Waals surface area contributed by atoms with E-state index < -0.39 is 0 Å². The fourth-order valence-corrected chi connectivity index (χ4v) is 5.47. The monoisotopic (exact) mass is 429 g/mol. The molecule has 1 aliphatic heterocycles. The molecule has 1 amide bonds. The van der Waals surface area contributed by atoms with Gasteiger partial charge in [-0.1, -0.05) is 0 Å². The number of carbonyl (C=O) groups excluding carboxylic acids is 2. The molecule has 1 saturated carbocycles. The third-order valence-corrected chi connectivity index (χ3v) is 7.27. The highest BCUT2D eigenvalue weighted by Gasteiger charge is 2.31. The van der Waals surface area contributed by atoms with Crippen molar-refractivity contribution in [2.45, 2.75) is 65.5 Å². The van der Waals surface area contributed by atoms with Gasteiger partial charge in [0.05, 0.1) is 37.0 Å². The lowest BCUT2D eigenvalue weighted by Crippen LogP contribution is -2.38. The first-order chi connectivity index (χ1) is 14.5. The number of ether oxygens (including phenoxy) is 1. The Balaban J connectivity index is 1.34. The molecule has 162 valence electrons. The number of aryl methyl sites for hydroxylation is 1. The first kappa shape index (κ1) is 21.1. The molecule has 6 nitrogen and oxygen atoms in total. The smallest absolute Gasteiger partial charge is 0.308 e. The molecule has 1 aliphatic carbocycles. The summed E-state index contributed by atoms with van der Waals surface area (Å²) in [6, 6.07) is 2.13. The number of aromatic nitrogens is 2. The number of hydrogen-bond donors (Lipinski definition) is 0. The van der Waals surface area contributed by atoms with E-state index in [1.54, 1.807) is 11.3 Å². The van der Waals surface area contributed by atoms with Crippen molar-refractivity contribution in [1.29, 1.82) is 0 Å². The maximum atomic E-state index is 13.0. The predicted molar refractivity (Wildman–Crippen MR) is 116 cm³/mol. The Morgan fingerprint density at radius 1 is 1.27 bits per heavy atom. The minimum absolute atomic E-state index is 0.0169. The van der Waals surface area contributed by atoms with E-state index in [1.807, 2.05) is 11.8 Å². The molecule has 2 aliphatic rings. The number of nitrogens with zero attached hydrogens (tertiary/aromatic N) is 3. The quantitative estimate of drug-likeness (QED) is 0.653. The van der Waals surface area contributed by atoms with E-state index in [0.29, 0.717) is 25.5 Å². The van der Waals surface area contributed by atoms with Crippen LogP contribution in [0.15, 0.2) is 16.8 Å². The van der Waals surface area contributed by atoms with Crippen LogP contribution in [0.4, 0.5) is 0 Å². The third kappa shape index (κ3) is 4.61. The van der Waals surface area contributed by atoms with Crippen molar-refractivity contribution in [3.8, 4) is 0 Å². The van der Waals surface area contributed by atoms with Crippen LogP contribution in [-0.4, -0.2) is 39.7 Å². The van der Waals surface area contributed by atoms with Crippen molar-refractivity contribution in [3.63, 3.8) is 0 Å². The SMILES string of the molecule is CCOC(=O)C1CCC(CC(=O)N2CCc3c(C)nn(Cc4ccsc4)c3C2)CC1. The Labute approximate surface area is 182 Å². The third-order valence-electron chi connectivity index (χ3n) is 6.53. The summed E-state index contributed by atoms with van der Waals surface area (Å²) in [5.41, 5.74) is 4.84. The van der Waals surface area contributed by atoms with Crippen LogP contribution >= 0.6 is 11.3 Å². The Morgan fingerprint density at radius 3 is 2.77 bits per heavy atom. The van der Waals surface area contributed by atoms with Crippen LogP contribution in [0.5, 0.6) is 0 Å². The number of fused-ring (bicyclic) bond motifs is 1. The van der Waals surface area contributed by atoms with Gasteiger partial charge < -0.3 is 9.64 Å². The van der Waals surface area contributed by atoms with Crippen LogP contribution < -0.4 is 0 Å². The number of esters is 1. The zero-order valence-corrected chi connectivity index (χ0v) is 18.7. The van der Waals surface area contributed by atoms with E-state index in [-0.39, 0.29) is 17.8 Å². The number of hydrogen-bond acceptors (Lipinski definition) is 5. The molecule has 2 aromatic rings. The zero-order chi connectivity index (χ0) is 21.1. The summed E-state index contributed by atoms with van der Waals surface area (Å²) in [6.45, 7) is 6.55. The first-order valence-corrected chi connectivity index (χ1v) is 12.0. The molecule has 0 N–H and O–H groups in total. The van der Waals surface area contributed by atoms with Gasteiger partial charge in [-0.15, -0.1) is 0 Å². The molecular weight excluding hydrogens is 398 g/mol. The molecule has 4 rings (SSSR count). The summed E-state index contributed by atoms with van der Waals surface area (Å²) in [5, 5.41) is 9.00. The molecule has 0 aromatic carbocycles. The van der Waals surface area contributed by atoms with Gasteiger partial charge in [0.15, 0.2) is 0 Å². The second kappa shape index (κ2) is 9.33. The van der Waals surface area contributed by atoms with Gasteiger partial charge in [0.1, 0.15) is 0 Å². The van der Waals surface area contributed by atoms with E-state index in [2.05, 4.69) is 28.4 Å². The summed E-state index contributed by atoms with van der Waals surface area (Å²) in [5.74, 6) is 0.562. The molecule has 0 saturated heterocycles.